The van der Waals surface area contributed by atoms with Gasteiger partial charge in [-0.25, -0.2) is 4.39 Å². The Kier molecular flexibility index (Phi) is 3.20. The van der Waals surface area contributed by atoms with E-state index in [1.54, 1.807) is 6.92 Å². The molecule has 0 radical (unpaired) electrons. The molecule has 19 heavy (non-hydrogen) atoms. The largest absolute Gasteiger partial charge is 0.495 e. The van der Waals surface area contributed by atoms with Gasteiger partial charge in [0.25, 0.3) is 0 Å². The normalized spacial score (nSPS) is 20.4. The molecular weight excluding hydrogens is 244 g/mol. The highest BCUT2D eigenvalue weighted by molar-refractivity contribution is 6.62. The van der Waals surface area contributed by atoms with Crippen LogP contribution in [0.25, 0.3) is 0 Å². The average molecular weight is 261 g/mol. The van der Waals surface area contributed by atoms with Crippen LogP contribution in [-0.4, -0.2) is 18.3 Å². The highest BCUT2D eigenvalue weighted by atomic mass is 19.1. The Morgan fingerprint density at radius 1 is 1.16 bits per heavy atom. The van der Waals surface area contributed by atoms with E-state index in [2.05, 4.69) is 0 Å². The minimum atomic E-state index is -0.572. The predicted molar refractivity (Wildman–Crippen MR) is 71.6 cm³/mol. The van der Waals surface area contributed by atoms with E-state index in [4.69, 9.17) is 14.6 Å². The van der Waals surface area contributed by atoms with Gasteiger partial charge < -0.3 is 9.31 Å². The molecule has 1 aromatic carbocycles. The van der Waals surface area contributed by atoms with Crippen molar-refractivity contribution in [1.29, 1.82) is 5.26 Å². The summed E-state index contributed by atoms with van der Waals surface area (Å²) in [7, 11) is -0.572. The Bertz CT molecular complexity index is 547. The van der Waals surface area contributed by atoms with Crippen molar-refractivity contribution in [3.05, 3.63) is 29.1 Å². The Balaban J connectivity index is 2.43. The molecule has 0 unspecified atom stereocenters. The van der Waals surface area contributed by atoms with Gasteiger partial charge in [0.1, 0.15) is 11.9 Å². The molecule has 1 saturated heterocycles. The molecule has 0 aromatic heterocycles. The Hall–Kier alpha value is -1.38. The van der Waals surface area contributed by atoms with Crippen LogP contribution in [0.15, 0.2) is 12.1 Å². The summed E-state index contributed by atoms with van der Waals surface area (Å²) in [5.41, 5.74) is 0.526. The van der Waals surface area contributed by atoms with Crippen LogP contribution in [-0.2, 0) is 9.31 Å². The van der Waals surface area contributed by atoms with Gasteiger partial charge in [-0.3, -0.25) is 0 Å². The fourth-order valence-electron chi connectivity index (χ4n) is 2.00. The molecule has 0 atom stereocenters. The zero-order valence-electron chi connectivity index (χ0n) is 11.9. The lowest BCUT2D eigenvalue weighted by molar-refractivity contribution is 0.00578. The van der Waals surface area contributed by atoms with E-state index >= 15 is 0 Å². The second kappa shape index (κ2) is 4.33. The molecule has 100 valence electrons. The molecule has 0 aliphatic carbocycles. The van der Waals surface area contributed by atoms with E-state index in [1.165, 1.54) is 12.1 Å². The highest BCUT2D eigenvalue weighted by Crippen LogP contribution is 2.36. The minimum Gasteiger partial charge on any atom is -0.399 e. The van der Waals surface area contributed by atoms with Gasteiger partial charge in [0, 0.05) is 0 Å². The maximum absolute atomic E-state index is 13.5. The summed E-state index contributed by atoms with van der Waals surface area (Å²) in [4.78, 5) is 0. The summed E-state index contributed by atoms with van der Waals surface area (Å²) in [6.45, 7) is 9.60. The summed E-state index contributed by atoms with van der Waals surface area (Å²) in [6.07, 6.45) is 0. The van der Waals surface area contributed by atoms with Crippen molar-refractivity contribution >= 4 is 12.6 Å². The fourth-order valence-corrected chi connectivity index (χ4v) is 2.00. The van der Waals surface area contributed by atoms with E-state index in [1.807, 2.05) is 33.8 Å². The number of benzene rings is 1. The standard InChI is InChI=1S/C14H17BFNO2/c1-9-6-12(16)10(8-17)7-11(9)15-18-13(2,3)14(4,5)19-15/h6-7H,1-5H3. The highest BCUT2D eigenvalue weighted by Gasteiger charge is 2.52. The van der Waals surface area contributed by atoms with Gasteiger partial charge in [-0.2, -0.15) is 5.26 Å². The molecule has 1 aliphatic heterocycles. The fraction of sp³-hybridized carbons (Fsp3) is 0.500. The number of hydrogen-bond acceptors (Lipinski definition) is 3. The molecule has 2 rings (SSSR count). The molecule has 5 heteroatoms. The van der Waals surface area contributed by atoms with Crippen LogP contribution < -0.4 is 5.46 Å². The summed E-state index contributed by atoms with van der Waals surface area (Å²) >= 11 is 0. The SMILES string of the molecule is Cc1cc(F)c(C#N)cc1B1OC(C)(C)C(C)(C)O1. The maximum atomic E-state index is 13.5. The van der Waals surface area contributed by atoms with Crippen molar-refractivity contribution in [3.63, 3.8) is 0 Å². The Labute approximate surface area is 113 Å². The molecule has 0 N–H and O–H groups in total. The zero-order chi connectivity index (χ0) is 14.4. The minimum absolute atomic E-state index is 0.00955. The lowest BCUT2D eigenvalue weighted by atomic mass is 9.75. The molecule has 1 heterocycles. The van der Waals surface area contributed by atoms with E-state index in [0.29, 0.717) is 5.46 Å². The van der Waals surface area contributed by atoms with Gasteiger partial charge in [0.15, 0.2) is 0 Å². The lowest BCUT2D eigenvalue weighted by Crippen LogP contribution is -2.41. The first-order valence-electron chi connectivity index (χ1n) is 6.24. The van der Waals surface area contributed by atoms with Gasteiger partial charge in [0.2, 0.25) is 0 Å². The van der Waals surface area contributed by atoms with Crippen LogP contribution >= 0.6 is 0 Å². The second-order valence-electron chi connectivity index (χ2n) is 5.89. The summed E-state index contributed by atoms with van der Waals surface area (Å²) < 4.78 is 25.4. The van der Waals surface area contributed by atoms with Gasteiger partial charge in [0.05, 0.1) is 16.8 Å². The van der Waals surface area contributed by atoms with E-state index in [9.17, 15) is 4.39 Å². The molecule has 1 aliphatic rings. The van der Waals surface area contributed by atoms with Gasteiger partial charge in [-0.1, -0.05) is 0 Å². The van der Waals surface area contributed by atoms with Crippen molar-refractivity contribution in [2.45, 2.75) is 45.8 Å². The quantitative estimate of drug-likeness (QED) is 0.728. The smallest absolute Gasteiger partial charge is 0.399 e. The number of hydrogen-bond donors (Lipinski definition) is 0. The molecule has 1 fully saturated rings. The van der Waals surface area contributed by atoms with Crippen LogP contribution in [0, 0.1) is 24.1 Å². The number of halogens is 1. The van der Waals surface area contributed by atoms with Gasteiger partial charge in [-0.15, -0.1) is 0 Å². The van der Waals surface area contributed by atoms with E-state index < -0.39 is 24.1 Å². The predicted octanol–water partition coefficient (Wildman–Crippen LogP) is 2.30. The monoisotopic (exact) mass is 261 g/mol. The third-order valence-corrected chi connectivity index (χ3v) is 3.98. The van der Waals surface area contributed by atoms with Crippen molar-refractivity contribution in [2.24, 2.45) is 0 Å². The second-order valence-corrected chi connectivity index (χ2v) is 5.89. The molecule has 0 spiro atoms. The average Bonchev–Trinajstić information content (AvgIpc) is 2.48. The van der Waals surface area contributed by atoms with Crippen molar-refractivity contribution in [2.75, 3.05) is 0 Å². The molecule has 0 bridgehead atoms. The topological polar surface area (TPSA) is 42.2 Å². The number of nitrogens with zero attached hydrogens (tertiary/aromatic N) is 1. The molecule has 1 aromatic rings. The van der Waals surface area contributed by atoms with E-state index in [-0.39, 0.29) is 5.56 Å². The molecule has 0 saturated carbocycles. The lowest BCUT2D eigenvalue weighted by Gasteiger charge is -2.32. The van der Waals surface area contributed by atoms with Gasteiger partial charge >= 0.3 is 7.12 Å². The Morgan fingerprint density at radius 2 is 1.68 bits per heavy atom. The first-order valence-corrected chi connectivity index (χ1v) is 6.24. The molecular formula is C14H17BFNO2. The third-order valence-electron chi connectivity index (χ3n) is 3.98. The van der Waals surface area contributed by atoms with Crippen LogP contribution in [0.3, 0.4) is 0 Å². The first kappa shape index (κ1) is 14.0. The van der Waals surface area contributed by atoms with Crippen molar-refractivity contribution in [1.82, 2.24) is 0 Å². The summed E-state index contributed by atoms with van der Waals surface area (Å²) in [5.74, 6) is -0.514. The van der Waals surface area contributed by atoms with Crippen LogP contribution in [0.5, 0.6) is 0 Å². The van der Waals surface area contributed by atoms with E-state index in [0.717, 1.165) is 5.56 Å². The van der Waals surface area contributed by atoms with Gasteiger partial charge in [-0.05, 0) is 57.8 Å². The van der Waals surface area contributed by atoms with Crippen molar-refractivity contribution in [3.8, 4) is 6.07 Å². The summed E-state index contributed by atoms with van der Waals surface area (Å²) in [5, 5.41) is 8.91. The Morgan fingerprint density at radius 3 is 2.16 bits per heavy atom. The third kappa shape index (κ3) is 2.26. The summed E-state index contributed by atoms with van der Waals surface area (Å²) in [6, 6.07) is 4.69. The van der Waals surface area contributed by atoms with Crippen LogP contribution in [0.2, 0.25) is 0 Å². The van der Waals surface area contributed by atoms with Crippen LogP contribution in [0.4, 0.5) is 4.39 Å². The molecule has 3 nitrogen and oxygen atoms in total. The van der Waals surface area contributed by atoms with Crippen LogP contribution in [0.1, 0.15) is 38.8 Å². The first-order chi connectivity index (χ1) is 8.68. The molecule has 0 amide bonds. The number of aryl methyl sites for hydroxylation is 1. The van der Waals surface area contributed by atoms with Crippen molar-refractivity contribution < 1.29 is 13.7 Å². The maximum Gasteiger partial charge on any atom is 0.495 e. The number of rotatable bonds is 1. The zero-order valence-corrected chi connectivity index (χ0v) is 11.9. The number of nitriles is 1.